The van der Waals surface area contributed by atoms with E-state index in [2.05, 4.69) is 5.10 Å². The Morgan fingerprint density at radius 3 is 2.58 bits per heavy atom. The molecule has 2 aromatic rings. The number of carbonyl (C=O) groups excluding carboxylic acids is 1. The number of aryl methyl sites for hydroxylation is 2. The van der Waals surface area contributed by atoms with Crippen LogP contribution in [0, 0.1) is 19.7 Å². The van der Waals surface area contributed by atoms with E-state index in [9.17, 15) is 9.18 Å². The predicted molar refractivity (Wildman–Crippen MR) is 72.8 cm³/mol. The molecule has 1 heterocycles. The summed E-state index contributed by atoms with van der Waals surface area (Å²) < 4.78 is 15.4. The van der Waals surface area contributed by atoms with Crippen molar-refractivity contribution in [2.75, 3.05) is 0 Å². The summed E-state index contributed by atoms with van der Waals surface area (Å²) in [6.45, 7) is 8.06. The first-order chi connectivity index (χ1) is 8.95. The van der Waals surface area contributed by atoms with Gasteiger partial charge in [-0.05, 0) is 51.5 Å². The Morgan fingerprint density at radius 1 is 1.37 bits per heavy atom. The molecule has 2 rings (SSSR count). The van der Waals surface area contributed by atoms with Crippen LogP contribution in [0.1, 0.15) is 35.6 Å². The van der Waals surface area contributed by atoms with Crippen LogP contribution in [0.2, 0.25) is 0 Å². The SMILES string of the molecule is CCn1nc(C)c(-c2cc(F)ccc2C(C)=O)c1C. The van der Waals surface area contributed by atoms with Gasteiger partial charge in [0, 0.05) is 23.4 Å². The molecule has 3 nitrogen and oxygen atoms in total. The van der Waals surface area contributed by atoms with Gasteiger partial charge in [-0.25, -0.2) is 4.39 Å². The van der Waals surface area contributed by atoms with E-state index in [1.165, 1.54) is 25.1 Å². The van der Waals surface area contributed by atoms with Crippen LogP contribution in [0.15, 0.2) is 18.2 Å². The maximum absolute atomic E-state index is 13.5. The number of hydrogen-bond donors (Lipinski definition) is 0. The maximum Gasteiger partial charge on any atom is 0.160 e. The fourth-order valence-electron chi connectivity index (χ4n) is 2.42. The second-order valence-corrected chi connectivity index (χ2v) is 4.61. The van der Waals surface area contributed by atoms with Gasteiger partial charge in [0.2, 0.25) is 0 Å². The lowest BCUT2D eigenvalue weighted by molar-refractivity contribution is 0.101. The van der Waals surface area contributed by atoms with Gasteiger partial charge in [-0.1, -0.05) is 0 Å². The van der Waals surface area contributed by atoms with Gasteiger partial charge in [-0.15, -0.1) is 0 Å². The van der Waals surface area contributed by atoms with Crippen LogP contribution in [0.25, 0.3) is 11.1 Å². The van der Waals surface area contributed by atoms with Crippen molar-refractivity contribution in [1.29, 1.82) is 0 Å². The Morgan fingerprint density at radius 2 is 2.05 bits per heavy atom. The number of benzene rings is 1. The number of rotatable bonds is 3. The number of carbonyl (C=O) groups is 1. The Bertz CT molecular complexity index is 644. The van der Waals surface area contributed by atoms with E-state index in [0.717, 1.165) is 23.5 Å². The Labute approximate surface area is 112 Å². The van der Waals surface area contributed by atoms with Crippen molar-refractivity contribution in [3.63, 3.8) is 0 Å². The Balaban J connectivity index is 2.74. The average molecular weight is 260 g/mol. The normalized spacial score (nSPS) is 10.8. The van der Waals surface area contributed by atoms with Gasteiger partial charge >= 0.3 is 0 Å². The monoisotopic (exact) mass is 260 g/mol. The third-order valence-corrected chi connectivity index (χ3v) is 3.31. The first-order valence-corrected chi connectivity index (χ1v) is 6.30. The lowest BCUT2D eigenvalue weighted by Gasteiger charge is -2.08. The largest absolute Gasteiger partial charge is 0.294 e. The van der Waals surface area contributed by atoms with Gasteiger partial charge in [0.1, 0.15) is 5.82 Å². The van der Waals surface area contributed by atoms with Crippen molar-refractivity contribution < 1.29 is 9.18 Å². The van der Waals surface area contributed by atoms with E-state index in [4.69, 9.17) is 0 Å². The summed E-state index contributed by atoms with van der Waals surface area (Å²) >= 11 is 0. The van der Waals surface area contributed by atoms with Crippen LogP contribution in [0.3, 0.4) is 0 Å². The molecule has 0 radical (unpaired) electrons. The molecule has 0 fully saturated rings. The van der Waals surface area contributed by atoms with Gasteiger partial charge in [0.25, 0.3) is 0 Å². The molecule has 0 aliphatic heterocycles. The Hall–Kier alpha value is -1.97. The van der Waals surface area contributed by atoms with Gasteiger partial charge in [-0.2, -0.15) is 5.10 Å². The minimum atomic E-state index is -0.344. The molecule has 0 saturated heterocycles. The van der Waals surface area contributed by atoms with Crippen molar-refractivity contribution in [3.8, 4) is 11.1 Å². The molecule has 100 valence electrons. The Kier molecular flexibility index (Phi) is 3.51. The van der Waals surface area contributed by atoms with Crippen molar-refractivity contribution in [2.24, 2.45) is 0 Å². The lowest BCUT2D eigenvalue weighted by Crippen LogP contribution is -2.00. The van der Waals surface area contributed by atoms with Gasteiger partial charge in [0.15, 0.2) is 5.78 Å². The van der Waals surface area contributed by atoms with Crippen molar-refractivity contribution in [1.82, 2.24) is 9.78 Å². The van der Waals surface area contributed by atoms with Crippen molar-refractivity contribution >= 4 is 5.78 Å². The zero-order valence-electron chi connectivity index (χ0n) is 11.6. The molecule has 4 heteroatoms. The third-order valence-electron chi connectivity index (χ3n) is 3.31. The summed E-state index contributed by atoms with van der Waals surface area (Å²) in [7, 11) is 0. The van der Waals surface area contributed by atoms with Crippen LogP contribution in [-0.4, -0.2) is 15.6 Å². The summed E-state index contributed by atoms with van der Waals surface area (Å²) in [5.74, 6) is -0.416. The fourth-order valence-corrected chi connectivity index (χ4v) is 2.42. The molecule has 0 aliphatic rings. The topological polar surface area (TPSA) is 34.9 Å². The molecule has 1 aromatic heterocycles. The van der Waals surface area contributed by atoms with E-state index >= 15 is 0 Å². The lowest BCUT2D eigenvalue weighted by atomic mass is 9.96. The van der Waals surface area contributed by atoms with E-state index in [1.54, 1.807) is 0 Å². The molecule has 0 N–H and O–H groups in total. The molecule has 0 unspecified atom stereocenters. The molecular weight excluding hydrogens is 243 g/mol. The summed E-state index contributed by atoms with van der Waals surface area (Å²) in [5, 5.41) is 4.42. The zero-order valence-corrected chi connectivity index (χ0v) is 11.6. The quantitative estimate of drug-likeness (QED) is 0.791. The second kappa shape index (κ2) is 4.96. The number of Topliss-reactive ketones (excluding diaryl/α,β-unsaturated/α-hetero) is 1. The van der Waals surface area contributed by atoms with Gasteiger partial charge in [0.05, 0.1) is 5.69 Å². The number of halogens is 1. The predicted octanol–water partition coefficient (Wildman–Crippen LogP) is 3.53. The highest BCUT2D eigenvalue weighted by Crippen LogP contribution is 2.31. The smallest absolute Gasteiger partial charge is 0.160 e. The molecule has 19 heavy (non-hydrogen) atoms. The number of ketones is 1. The number of aromatic nitrogens is 2. The van der Waals surface area contributed by atoms with Gasteiger partial charge in [-0.3, -0.25) is 9.48 Å². The van der Waals surface area contributed by atoms with E-state index in [-0.39, 0.29) is 11.6 Å². The molecule has 0 amide bonds. The average Bonchev–Trinajstić information content (AvgIpc) is 2.63. The molecule has 1 aromatic carbocycles. The molecule has 0 saturated carbocycles. The van der Waals surface area contributed by atoms with Crippen LogP contribution in [0.5, 0.6) is 0 Å². The molecule has 0 atom stereocenters. The van der Waals surface area contributed by atoms with E-state index in [1.807, 2.05) is 25.5 Å². The number of hydrogen-bond acceptors (Lipinski definition) is 2. The van der Waals surface area contributed by atoms with Crippen LogP contribution >= 0.6 is 0 Å². The summed E-state index contributed by atoms with van der Waals surface area (Å²) in [6, 6.07) is 4.26. The highest BCUT2D eigenvalue weighted by atomic mass is 19.1. The summed E-state index contributed by atoms with van der Waals surface area (Å²) in [4.78, 5) is 11.7. The van der Waals surface area contributed by atoms with Crippen LogP contribution < -0.4 is 0 Å². The standard InChI is InChI=1S/C15H17FN2O/c1-5-18-10(3)15(9(2)17-18)14-8-12(16)6-7-13(14)11(4)19/h6-8H,5H2,1-4H3. The highest BCUT2D eigenvalue weighted by Gasteiger charge is 2.18. The molecule has 0 bridgehead atoms. The second-order valence-electron chi connectivity index (χ2n) is 4.61. The third kappa shape index (κ3) is 2.30. The molecule has 0 aliphatic carbocycles. The summed E-state index contributed by atoms with van der Waals surface area (Å²) in [6.07, 6.45) is 0. The van der Waals surface area contributed by atoms with Crippen LogP contribution in [-0.2, 0) is 6.54 Å². The van der Waals surface area contributed by atoms with E-state index < -0.39 is 0 Å². The first-order valence-electron chi connectivity index (χ1n) is 6.30. The van der Waals surface area contributed by atoms with Gasteiger partial charge < -0.3 is 0 Å². The fraction of sp³-hybridized carbons (Fsp3) is 0.333. The minimum absolute atomic E-state index is 0.0713. The van der Waals surface area contributed by atoms with Crippen LogP contribution in [0.4, 0.5) is 4.39 Å². The number of nitrogens with zero attached hydrogens (tertiary/aromatic N) is 2. The van der Waals surface area contributed by atoms with E-state index in [0.29, 0.717) is 11.1 Å². The zero-order chi connectivity index (χ0) is 14.2. The highest BCUT2D eigenvalue weighted by molar-refractivity contribution is 6.01. The molecule has 0 spiro atoms. The van der Waals surface area contributed by atoms with Crippen molar-refractivity contribution in [3.05, 3.63) is 41.0 Å². The molecular formula is C15H17FN2O. The van der Waals surface area contributed by atoms with Crippen molar-refractivity contribution in [2.45, 2.75) is 34.2 Å². The first kappa shape index (κ1) is 13.5. The maximum atomic E-state index is 13.5. The summed E-state index contributed by atoms with van der Waals surface area (Å²) in [5.41, 5.74) is 3.78. The minimum Gasteiger partial charge on any atom is -0.294 e.